The minimum atomic E-state index is -3.03. The molecule has 1 rings (SSSR count). The van der Waals surface area contributed by atoms with Crippen molar-refractivity contribution in [2.45, 2.75) is 25.5 Å². The second kappa shape index (κ2) is 8.72. The van der Waals surface area contributed by atoms with Gasteiger partial charge in [-0.3, -0.25) is 4.79 Å². The summed E-state index contributed by atoms with van der Waals surface area (Å²) in [7, 11) is 1.24. The maximum Gasteiger partial charge on any atom is 0.387 e. The van der Waals surface area contributed by atoms with E-state index in [-0.39, 0.29) is 23.5 Å². The van der Waals surface area contributed by atoms with Crippen LogP contribution in [0.1, 0.15) is 23.2 Å². The number of rotatable bonds is 9. The first kappa shape index (κ1) is 18.4. The number of carbonyl (C=O) groups excluding carboxylic acids is 1. The SMILES string of the molecule is C=CCCC(NC(=O)c1ccc(OC(F)F)c(OC)c1)C(=O)O. The summed E-state index contributed by atoms with van der Waals surface area (Å²) < 4.78 is 33.6. The van der Waals surface area contributed by atoms with Gasteiger partial charge in [0.2, 0.25) is 0 Å². The van der Waals surface area contributed by atoms with Gasteiger partial charge in [-0.05, 0) is 31.0 Å². The fourth-order valence-electron chi connectivity index (χ4n) is 1.79. The van der Waals surface area contributed by atoms with Crippen molar-refractivity contribution in [2.24, 2.45) is 0 Å². The minimum Gasteiger partial charge on any atom is -0.493 e. The quantitative estimate of drug-likeness (QED) is 0.680. The second-order valence-electron chi connectivity index (χ2n) is 4.47. The third-order valence-electron chi connectivity index (χ3n) is 2.90. The van der Waals surface area contributed by atoms with Crippen LogP contribution in [0.15, 0.2) is 30.9 Å². The summed E-state index contributed by atoms with van der Waals surface area (Å²) in [5.41, 5.74) is 0.0633. The summed E-state index contributed by atoms with van der Waals surface area (Å²) in [5.74, 6) is -2.12. The zero-order valence-corrected chi connectivity index (χ0v) is 12.4. The highest BCUT2D eigenvalue weighted by Crippen LogP contribution is 2.29. The lowest BCUT2D eigenvalue weighted by Crippen LogP contribution is -2.40. The first-order chi connectivity index (χ1) is 10.9. The number of hydrogen-bond donors (Lipinski definition) is 2. The van der Waals surface area contributed by atoms with Gasteiger partial charge in [0.15, 0.2) is 11.5 Å². The van der Waals surface area contributed by atoms with Gasteiger partial charge in [-0.15, -0.1) is 6.58 Å². The van der Waals surface area contributed by atoms with Crippen LogP contribution >= 0.6 is 0 Å². The molecule has 1 atom stereocenters. The number of halogens is 2. The zero-order valence-electron chi connectivity index (χ0n) is 12.4. The Hall–Kier alpha value is -2.64. The van der Waals surface area contributed by atoms with Crippen LogP contribution in [0.2, 0.25) is 0 Å². The molecule has 0 aromatic heterocycles. The monoisotopic (exact) mass is 329 g/mol. The molecule has 0 aliphatic heterocycles. The Morgan fingerprint density at radius 3 is 2.61 bits per heavy atom. The molecule has 1 aromatic carbocycles. The number of carboxylic acid groups (broad SMARTS) is 1. The number of benzene rings is 1. The highest BCUT2D eigenvalue weighted by Gasteiger charge is 2.21. The average molecular weight is 329 g/mol. The molecular formula is C15H17F2NO5. The van der Waals surface area contributed by atoms with Crippen LogP contribution in [0, 0.1) is 0 Å². The van der Waals surface area contributed by atoms with Gasteiger partial charge in [0.1, 0.15) is 6.04 Å². The van der Waals surface area contributed by atoms with Crippen molar-refractivity contribution in [1.29, 1.82) is 0 Å². The molecule has 126 valence electrons. The number of hydrogen-bond acceptors (Lipinski definition) is 4. The van der Waals surface area contributed by atoms with E-state index >= 15 is 0 Å². The molecule has 8 heteroatoms. The number of methoxy groups -OCH3 is 1. The molecule has 0 heterocycles. The fourth-order valence-corrected chi connectivity index (χ4v) is 1.79. The lowest BCUT2D eigenvalue weighted by atomic mass is 10.1. The summed E-state index contributed by atoms with van der Waals surface area (Å²) in [6.45, 7) is 0.459. The highest BCUT2D eigenvalue weighted by molar-refractivity contribution is 5.97. The van der Waals surface area contributed by atoms with Gasteiger partial charge in [0.05, 0.1) is 7.11 Å². The van der Waals surface area contributed by atoms with Crippen LogP contribution in [0.3, 0.4) is 0 Å². The molecule has 0 saturated heterocycles. The van der Waals surface area contributed by atoms with Crippen LogP contribution in [-0.4, -0.2) is 36.7 Å². The van der Waals surface area contributed by atoms with E-state index in [9.17, 15) is 18.4 Å². The molecule has 6 nitrogen and oxygen atoms in total. The Labute approximate surface area is 131 Å². The molecule has 2 N–H and O–H groups in total. The lowest BCUT2D eigenvalue weighted by Gasteiger charge is -2.15. The van der Waals surface area contributed by atoms with E-state index in [4.69, 9.17) is 9.84 Å². The second-order valence-corrected chi connectivity index (χ2v) is 4.47. The number of aliphatic carboxylic acids is 1. The Balaban J connectivity index is 2.90. The molecule has 0 radical (unpaired) electrons. The van der Waals surface area contributed by atoms with E-state index in [1.54, 1.807) is 6.08 Å². The number of carboxylic acids is 1. The van der Waals surface area contributed by atoms with Crippen molar-refractivity contribution in [3.05, 3.63) is 36.4 Å². The van der Waals surface area contributed by atoms with E-state index < -0.39 is 24.5 Å². The summed E-state index contributed by atoms with van der Waals surface area (Å²) in [4.78, 5) is 23.2. The standard InChI is InChI=1S/C15H17F2NO5/c1-3-4-5-10(14(20)21)18-13(19)9-6-7-11(23-15(16)17)12(8-9)22-2/h3,6-8,10,15H,1,4-5H2,2H3,(H,18,19)(H,20,21). The number of allylic oxidation sites excluding steroid dienone is 1. The fraction of sp³-hybridized carbons (Fsp3) is 0.333. The van der Waals surface area contributed by atoms with Gasteiger partial charge in [-0.2, -0.15) is 8.78 Å². The van der Waals surface area contributed by atoms with Crippen LogP contribution in [0.25, 0.3) is 0 Å². The van der Waals surface area contributed by atoms with E-state index in [1.165, 1.54) is 19.2 Å². The largest absolute Gasteiger partial charge is 0.493 e. The van der Waals surface area contributed by atoms with E-state index in [2.05, 4.69) is 16.6 Å². The van der Waals surface area contributed by atoms with Gasteiger partial charge in [0.25, 0.3) is 5.91 Å². The van der Waals surface area contributed by atoms with Gasteiger partial charge in [0, 0.05) is 5.56 Å². The van der Waals surface area contributed by atoms with Gasteiger partial charge < -0.3 is 19.9 Å². The molecule has 0 aliphatic carbocycles. The Bertz CT molecular complexity index is 577. The number of ether oxygens (including phenoxy) is 2. The number of nitrogens with one attached hydrogen (secondary N) is 1. The average Bonchev–Trinajstić information content (AvgIpc) is 2.50. The van der Waals surface area contributed by atoms with Crippen molar-refractivity contribution in [1.82, 2.24) is 5.32 Å². The zero-order chi connectivity index (χ0) is 17.4. The van der Waals surface area contributed by atoms with Crippen LogP contribution < -0.4 is 14.8 Å². The predicted octanol–water partition coefficient (Wildman–Crippen LogP) is 2.45. The van der Waals surface area contributed by atoms with Crippen LogP contribution in [-0.2, 0) is 4.79 Å². The van der Waals surface area contributed by atoms with Crippen molar-refractivity contribution < 1.29 is 33.0 Å². The smallest absolute Gasteiger partial charge is 0.387 e. The van der Waals surface area contributed by atoms with Gasteiger partial charge >= 0.3 is 12.6 Å². The van der Waals surface area contributed by atoms with Crippen LogP contribution in [0.5, 0.6) is 11.5 Å². The lowest BCUT2D eigenvalue weighted by molar-refractivity contribution is -0.139. The van der Waals surface area contributed by atoms with Crippen molar-refractivity contribution in [3.8, 4) is 11.5 Å². The molecule has 0 bridgehead atoms. The summed E-state index contributed by atoms with van der Waals surface area (Å²) in [5, 5.41) is 11.4. The predicted molar refractivity (Wildman–Crippen MR) is 77.9 cm³/mol. The normalized spacial score (nSPS) is 11.7. The molecule has 0 aliphatic rings. The molecule has 1 aromatic rings. The maximum absolute atomic E-state index is 12.2. The van der Waals surface area contributed by atoms with Crippen molar-refractivity contribution >= 4 is 11.9 Å². The third kappa shape index (κ3) is 5.57. The number of amides is 1. The Morgan fingerprint density at radius 2 is 2.09 bits per heavy atom. The Morgan fingerprint density at radius 1 is 1.39 bits per heavy atom. The highest BCUT2D eigenvalue weighted by atomic mass is 19.3. The first-order valence-corrected chi connectivity index (χ1v) is 6.66. The van der Waals surface area contributed by atoms with Gasteiger partial charge in [-0.1, -0.05) is 6.08 Å². The van der Waals surface area contributed by atoms with Gasteiger partial charge in [-0.25, -0.2) is 4.79 Å². The van der Waals surface area contributed by atoms with E-state index in [0.29, 0.717) is 6.42 Å². The molecule has 23 heavy (non-hydrogen) atoms. The Kier molecular flexibility index (Phi) is 6.98. The minimum absolute atomic E-state index is 0.0593. The van der Waals surface area contributed by atoms with Crippen molar-refractivity contribution in [3.63, 3.8) is 0 Å². The topological polar surface area (TPSA) is 84.9 Å². The first-order valence-electron chi connectivity index (χ1n) is 6.66. The van der Waals surface area contributed by atoms with Crippen LogP contribution in [0.4, 0.5) is 8.78 Å². The molecule has 1 unspecified atom stereocenters. The van der Waals surface area contributed by atoms with E-state index in [0.717, 1.165) is 6.07 Å². The molecule has 0 saturated carbocycles. The molecular weight excluding hydrogens is 312 g/mol. The summed E-state index contributed by atoms with van der Waals surface area (Å²) in [6, 6.07) is 2.50. The van der Waals surface area contributed by atoms with E-state index in [1.807, 2.05) is 0 Å². The summed E-state index contributed by atoms with van der Waals surface area (Å²) >= 11 is 0. The number of carbonyl (C=O) groups is 2. The maximum atomic E-state index is 12.2. The number of alkyl halides is 2. The van der Waals surface area contributed by atoms with Crippen molar-refractivity contribution in [2.75, 3.05) is 7.11 Å². The molecule has 1 amide bonds. The third-order valence-corrected chi connectivity index (χ3v) is 2.90. The molecule has 0 fully saturated rings. The molecule has 0 spiro atoms. The summed E-state index contributed by atoms with van der Waals surface area (Å²) in [6.07, 6.45) is 2.15.